The van der Waals surface area contributed by atoms with Crippen LogP contribution in [0.4, 0.5) is 39.0 Å². The fourth-order valence-electron chi connectivity index (χ4n) is 8.21. The van der Waals surface area contributed by atoms with Crippen LogP contribution in [0.1, 0.15) is 52.0 Å². The largest absolute Gasteiger partial charge is 0.433 e. The molecule has 320 valence electrons. The number of halogens is 5. The first-order valence-electron chi connectivity index (χ1n) is 19.5. The van der Waals surface area contributed by atoms with Gasteiger partial charge in [-0.15, -0.1) is 0 Å². The highest BCUT2D eigenvalue weighted by Gasteiger charge is 2.45. The monoisotopic (exact) mass is 849 g/mol. The summed E-state index contributed by atoms with van der Waals surface area (Å²) in [6.07, 6.45) is -2.91. The topological polar surface area (TPSA) is 186 Å². The van der Waals surface area contributed by atoms with Crippen LogP contribution < -0.4 is 31.9 Å². The maximum Gasteiger partial charge on any atom is 0.433 e. The summed E-state index contributed by atoms with van der Waals surface area (Å²) in [5, 5.41) is 8.82. The van der Waals surface area contributed by atoms with E-state index in [-0.39, 0.29) is 37.2 Å². The number of hydrogen-bond donors (Lipinski definition) is 3. The number of benzene rings is 2. The van der Waals surface area contributed by atoms with Gasteiger partial charge in [0, 0.05) is 70.0 Å². The lowest BCUT2D eigenvalue weighted by Gasteiger charge is -2.43. The minimum absolute atomic E-state index is 0.107. The SMILES string of the molecule is Cn1c(=O)n(C2CCC(=O)NC2=O)c2ccc(N3CCC(CN4CCN(c5ccc(-n6cc(NC(=O)c7cccc(C(F)(F)F)n7)c(C(N)=O)n6)cc5)CC4)C(F)(F)C3)cc21. The highest BCUT2D eigenvalue weighted by Crippen LogP contribution is 2.37. The summed E-state index contributed by atoms with van der Waals surface area (Å²) < 4.78 is 75.1. The van der Waals surface area contributed by atoms with Crippen LogP contribution in [0.25, 0.3) is 16.7 Å². The number of nitrogens with two attached hydrogens (primary N) is 1. The first-order chi connectivity index (χ1) is 29.0. The zero-order valence-electron chi connectivity index (χ0n) is 32.7. The third kappa shape index (κ3) is 8.16. The Kier molecular flexibility index (Phi) is 10.6. The molecule has 3 aromatic heterocycles. The number of nitrogens with one attached hydrogen (secondary N) is 2. The van der Waals surface area contributed by atoms with Gasteiger partial charge in [-0.2, -0.15) is 18.3 Å². The maximum absolute atomic E-state index is 15.8. The van der Waals surface area contributed by atoms with Gasteiger partial charge in [0.1, 0.15) is 17.4 Å². The summed E-state index contributed by atoms with van der Waals surface area (Å²) in [4.78, 5) is 71.5. The predicted molar refractivity (Wildman–Crippen MR) is 212 cm³/mol. The van der Waals surface area contributed by atoms with E-state index in [4.69, 9.17) is 5.73 Å². The van der Waals surface area contributed by atoms with E-state index < -0.39 is 71.3 Å². The molecule has 0 saturated carbocycles. The van der Waals surface area contributed by atoms with E-state index in [1.54, 1.807) is 42.3 Å². The van der Waals surface area contributed by atoms with Gasteiger partial charge in [0.2, 0.25) is 11.8 Å². The molecule has 5 aromatic rings. The van der Waals surface area contributed by atoms with Crippen LogP contribution >= 0.6 is 0 Å². The van der Waals surface area contributed by atoms with Gasteiger partial charge in [0.15, 0.2) is 5.69 Å². The van der Waals surface area contributed by atoms with Gasteiger partial charge in [0.25, 0.3) is 17.7 Å². The molecule has 8 rings (SSSR count). The second-order valence-electron chi connectivity index (χ2n) is 15.4. The molecule has 3 aliphatic heterocycles. The van der Waals surface area contributed by atoms with E-state index in [1.165, 1.54) is 20.0 Å². The Labute approximate surface area is 343 Å². The molecule has 0 spiro atoms. The quantitative estimate of drug-likeness (QED) is 0.146. The molecule has 2 unspecified atom stereocenters. The first-order valence-corrected chi connectivity index (χ1v) is 19.5. The lowest BCUT2D eigenvalue weighted by molar-refractivity contribution is -0.141. The van der Waals surface area contributed by atoms with Crippen molar-refractivity contribution in [2.45, 2.75) is 37.4 Å². The summed E-state index contributed by atoms with van der Waals surface area (Å²) in [7, 11) is 1.56. The van der Waals surface area contributed by atoms with Gasteiger partial charge in [0.05, 0.1) is 35.1 Å². The smallest absolute Gasteiger partial charge is 0.369 e. The molecule has 0 aliphatic carbocycles. The number of anilines is 3. The predicted octanol–water partition coefficient (Wildman–Crippen LogP) is 3.55. The van der Waals surface area contributed by atoms with Crippen LogP contribution in [-0.2, 0) is 22.8 Å². The molecular weight excluding hydrogens is 810 g/mol. The van der Waals surface area contributed by atoms with Gasteiger partial charge in [-0.05, 0) is 67.4 Å². The van der Waals surface area contributed by atoms with Crippen molar-refractivity contribution >= 4 is 51.7 Å². The Bertz CT molecular complexity index is 2600. The molecule has 3 aliphatic rings. The second kappa shape index (κ2) is 15.8. The van der Waals surface area contributed by atoms with Crippen molar-refractivity contribution in [2.75, 3.05) is 60.9 Å². The van der Waals surface area contributed by atoms with E-state index >= 15 is 8.78 Å². The molecule has 2 aromatic carbocycles. The van der Waals surface area contributed by atoms with E-state index in [0.29, 0.717) is 55.1 Å². The molecule has 16 nitrogen and oxygen atoms in total. The Morgan fingerprint density at radius 3 is 2.28 bits per heavy atom. The number of primary amides is 1. The summed E-state index contributed by atoms with van der Waals surface area (Å²) in [5.74, 6) is -6.78. The molecule has 3 fully saturated rings. The van der Waals surface area contributed by atoms with E-state index in [0.717, 1.165) is 23.9 Å². The number of rotatable bonds is 9. The van der Waals surface area contributed by atoms with E-state index in [2.05, 4.69) is 25.6 Å². The van der Waals surface area contributed by atoms with E-state index in [1.807, 2.05) is 17.0 Å². The number of piperidine rings is 2. The number of imide groups is 1. The van der Waals surface area contributed by atoms with Gasteiger partial charge in [-0.1, -0.05) is 6.07 Å². The van der Waals surface area contributed by atoms with E-state index in [9.17, 15) is 37.1 Å². The number of imidazole rings is 1. The number of piperazine rings is 1. The normalized spacial score (nSPS) is 19.9. The average Bonchev–Trinajstić information content (AvgIpc) is 3.76. The lowest BCUT2D eigenvalue weighted by Crippen LogP contribution is -2.54. The van der Waals surface area contributed by atoms with Gasteiger partial charge < -0.3 is 20.9 Å². The van der Waals surface area contributed by atoms with Crippen molar-refractivity contribution in [3.63, 3.8) is 0 Å². The zero-order valence-corrected chi connectivity index (χ0v) is 32.7. The third-order valence-corrected chi connectivity index (χ3v) is 11.5. The van der Waals surface area contributed by atoms with Crippen molar-refractivity contribution in [1.29, 1.82) is 0 Å². The molecule has 4 N–H and O–H groups in total. The van der Waals surface area contributed by atoms with Gasteiger partial charge in [-0.3, -0.25) is 38.5 Å². The number of nitrogens with zero attached hydrogens (tertiary/aromatic N) is 8. The number of alkyl halides is 5. The van der Waals surface area contributed by atoms with Crippen LogP contribution in [0.5, 0.6) is 0 Å². The van der Waals surface area contributed by atoms with Crippen LogP contribution in [0.2, 0.25) is 0 Å². The highest BCUT2D eigenvalue weighted by molar-refractivity contribution is 6.07. The second-order valence-corrected chi connectivity index (χ2v) is 15.4. The number of carbonyl (C=O) groups excluding carboxylic acids is 4. The average molecular weight is 850 g/mol. The van der Waals surface area contributed by atoms with Crippen LogP contribution in [-0.4, -0.2) is 104 Å². The van der Waals surface area contributed by atoms with Crippen LogP contribution in [0, 0.1) is 5.92 Å². The molecule has 4 amide bonds. The maximum atomic E-state index is 15.8. The standard InChI is InChI=1S/C40H40F5N11O5/c1-51-31-19-26(9-10-29(31)56(38(51)61)30-11-12-33(57)49-37(30)60)54-14-13-23(39(41,42)22-54)20-52-15-17-53(18-16-52)24-5-7-25(8-6-24)55-21-28(34(50-55)35(46)58)48-36(59)27-3-2-4-32(47-27)40(43,44)45/h2-10,19,21,23,30H,11-18,20,22H2,1H3,(H2,46,58)(H,48,59)(H,49,57,60). The van der Waals surface area contributed by atoms with Gasteiger partial charge in [-0.25, -0.2) is 23.2 Å². The fraction of sp³-hybridized carbons (Fsp3) is 0.375. The van der Waals surface area contributed by atoms with Gasteiger partial charge >= 0.3 is 11.9 Å². The van der Waals surface area contributed by atoms with Crippen molar-refractivity contribution in [2.24, 2.45) is 18.7 Å². The van der Waals surface area contributed by atoms with Crippen LogP contribution in [0.3, 0.4) is 0 Å². The number of hydrogen-bond acceptors (Lipinski definition) is 10. The number of carbonyl (C=O) groups is 4. The number of aryl methyl sites for hydroxylation is 1. The molecule has 0 bridgehead atoms. The van der Waals surface area contributed by atoms with Crippen molar-refractivity contribution in [3.8, 4) is 5.69 Å². The molecule has 0 radical (unpaired) electrons. The Morgan fingerprint density at radius 1 is 0.902 bits per heavy atom. The molecule has 21 heteroatoms. The summed E-state index contributed by atoms with van der Waals surface area (Å²) >= 11 is 0. The summed E-state index contributed by atoms with van der Waals surface area (Å²) in [6.45, 7) is 2.38. The Morgan fingerprint density at radius 2 is 1.61 bits per heavy atom. The number of pyridine rings is 1. The number of amides is 4. The molecule has 6 heterocycles. The number of aromatic nitrogens is 5. The first kappa shape index (κ1) is 41.1. The zero-order chi connectivity index (χ0) is 43.4. The minimum Gasteiger partial charge on any atom is -0.369 e. The lowest BCUT2D eigenvalue weighted by atomic mass is 9.91. The molecular formula is C40H40F5N11O5. The molecule has 3 saturated heterocycles. The fourth-order valence-corrected chi connectivity index (χ4v) is 8.21. The van der Waals surface area contributed by atoms with Crippen molar-refractivity contribution in [3.05, 3.63) is 94.4 Å². The molecule has 2 atom stereocenters. The summed E-state index contributed by atoms with van der Waals surface area (Å²) in [6, 6.07) is 14.1. The third-order valence-electron chi connectivity index (χ3n) is 11.5. The van der Waals surface area contributed by atoms with Crippen molar-refractivity contribution in [1.82, 2.24) is 34.1 Å². The Hall–Kier alpha value is -6.64. The highest BCUT2D eigenvalue weighted by atomic mass is 19.4. The Balaban J connectivity index is 0.867. The molecule has 61 heavy (non-hydrogen) atoms. The minimum atomic E-state index is -4.76. The van der Waals surface area contributed by atoms with Crippen LogP contribution in [0.15, 0.2) is 71.7 Å². The van der Waals surface area contributed by atoms with Crippen molar-refractivity contribution < 1.29 is 41.1 Å². The summed E-state index contributed by atoms with van der Waals surface area (Å²) in [5.41, 5.74) is 5.70. The number of fused-ring (bicyclic) bond motifs is 1.